The summed E-state index contributed by atoms with van der Waals surface area (Å²) < 4.78 is 0. The van der Waals surface area contributed by atoms with Gasteiger partial charge in [-0.25, -0.2) is 4.98 Å². The van der Waals surface area contributed by atoms with Crippen LogP contribution in [0.3, 0.4) is 0 Å². The van der Waals surface area contributed by atoms with Crippen molar-refractivity contribution in [2.45, 2.75) is 26.4 Å². The minimum Gasteiger partial charge on any atom is -0.389 e. The molecule has 1 heterocycles. The van der Waals surface area contributed by atoms with Crippen LogP contribution < -0.4 is 5.73 Å². The number of hydrogen-bond acceptors (Lipinski definition) is 6. The summed E-state index contributed by atoms with van der Waals surface area (Å²) in [4.78, 5) is 19.6. The van der Waals surface area contributed by atoms with Crippen LogP contribution in [-0.2, 0) is 9.63 Å². The first-order valence-electron chi connectivity index (χ1n) is 4.28. The zero-order valence-electron chi connectivity index (χ0n) is 8.77. The van der Waals surface area contributed by atoms with Crippen LogP contribution >= 0.6 is 11.3 Å². The lowest BCUT2D eigenvalue weighted by atomic mass is 10.2. The highest BCUT2D eigenvalue weighted by Crippen LogP contribution is 2.13. The van der Waals surface area contributed by atoms with Crippen LogP contribution in [0, 0.1) is 0 Å². The fraction of sp³-hybridized carbons (Fsp3) is 0.444. The van der Waals surface area contributed by atoms with Gasteiger partial charge in [-0.3, -0.25) is 4.79 Å². The molecule has 0 atom stereocenters. The average molecular weight is 226 g/mol. The smallest absolute Gasteiger partial charge is 0.259 e. The molecule has 0 unspecified atom stereocenters. The van der Waals surface area contributed by atoms with Gasteiger partial charge in [-0.2, -0.15) is 0 Å². The highest BCUT2D eigenvalue weighted by molar-refractivity contribution is 7.13. The number of nitrogens with zero attached hydrogens (tertiary/aromatic N) is 2. The van der Waals surface area contributed by atoms with Crippen LogP contribution in [0.4, 0.5) is 5.13 Å². The monoisotopic (exact) mass is 226 g/mol. The molecule has 0 aromatic carbocycles. The van der Waals surface area contributed by atoms with Crippen molar-refractivity contribution in [3.63, 3.8) is 0 Å². The Kier molecular flexibility index (Phi) is 3.41. The van der Waals surface area contributed by atoms with E-state index in [0.717, 1.165) is 0 Å². The Morgan fingerprint density at radius 1 is 1.67 bits per heavy atom. The van der Waals surface area contributed by atoms with E-state index in [2.05, 4.69) is 10.1 Å². The number of carbonyl (C=O) groups excluding carboxylic acids is 1. The molecule has 81 valence electrons. The maximum absolute atomic E-state index is 10.6. The van der Waals surface area contributed by atoms with Gasteiger partial charge in [-0.05, 0) is 20.8 Å². The van der Waals surface area contributed by atoms with Crippen LogP contribution in [0.1, 0.15) is 26.5 Å². The quantitative estimate of drug-likeness (QED) is 0.623. The first-order chi connectivity index (χ1) is 6.92. The molecule has 15 heavy (non-hydrogen) atoms. The molecule has 0 amide bonds. The van der Waals surface area contributed by atoms with E-state index in [1.807, 2.05) is 20.8 Å². The zero-order chi connectivity index (χ0) is 11.5. The van der Waals surface area contributed by atoms with E-state index in [-0.39, 0.29) is 5.71 Å². The summed E-state index contributed by atoms with van der Waals surface area (Å²) in [6.07, 6.45) is 1.67. The first kappa shape index (κ1) is 11.6. The highest BCUT2D eigenvalue weighted by atomic mass is 32.1. The van der Waals surface area contributed by atoms with Crippen molar-refractivity contribution in [3.05, 3.63) is 11.1 Å². The third kappa shape index (κ3) is 3.67. The SMILES string of the molecule is CC(C)(C)O/N=C(\[C]=O)c1csc(N)n1. The lowest BCUT2D eigenvalue weighted by Crippen LogP contribution is -2.17. The Morgan fingerprint density at radius 3 is 2.73 bits per heavy atom. The maximum Gasteiger partial charge on any atom is 0.259 e. The lowest BCUT2D eigenvalue weighted by Gasteiger charge is -2.15. The molecule has 1 radical (unpaired) electrons. The van der Waals surface area contributed by atoms with Crippen molar-refractivity contribution >= 4 is 28.5 Å². The second kappa shape index (κ2) is 4.39. The zero-order valence-corrected chi connectivity index (χ0v) is 9.59. The van der Waals surface area contributed by atoms with Crippen LogP contribution in [0.2, 0.25) is 0 Å². The van der Waals surface area contributed by atoms with Gasteiger partial charge in [0.05, 0.1) is 0 Å². The number of nitrogens with two attached hydrogens (primary N) is 1. The third-order valence-electron chi connectivity index (χ3n) is 1.27. The summed E-state index contributed by atoms with van der Waals surface area (Å²) in [5.74, 6) is 0. The molecule has 0 saturated carbocycles. The van der Waals surface area contributed by atoms with E-state index in [1.54, 1.807) is 11.7 Å². The molecule has 0 spiro atoms. The van der Waals surface area contributed by atoms with Gasteiger partial charge in [0.1, 0.15) is 11.3 Å². The molecule has 0 bridgehead atoms. The minimum atomic E-state index is -0.455. The number of anilines is 1. The number of aromatic nitrogens is 1. The fourth-order valence-electron chi connectivity index (χ4n) is 0.697. The first-order valence-corrected chi connectivity index (χ1v) is 5.16. The van der Waals surface area contributed by atoms with Crippen molar-refractivity contribution in [1.29, 1.82) is 0 Å². The van der Waals surface area contributed by atoms with Gasteiger partial charge in [0.15, 0.2) is 10.8 Å². The Morgan fingerprint density at radius 2 is 2.33 bits per heavy atom. The van der Waals surface area contributed by atoms with E-state index in [9.17, 15) is 4.79 Å². The van der Waals surface area contributed by atoms with E-state index in [4.69, 9.17) is 10.6 Å². The maximum atomic E-state index is 10.6. The van der Waals surface area contributed by atoms with Gasteiger partial charge in [0.25, 0.3) is 6.29 Å². The van der Waals surface area contributed by atoms with Crippen LogP contribution in [-0.4, -0.2) is 22.6 Å². The third-order valence-corrected chi connectivity index (χ3v) is 1.95. The van der Waals surface area contributed by atoms with Crippen molar-refractivity contribution in [2.75, 3.05) is 5.73 Å². The summed E-state index contributed by atoms with van der Waals surface area (Å²) in [7, 11) is 0. The van der Waals surface area contributed by atoms with E-state index in [1.165, 1.54) is 11.3 Å². The molecule has 6 heteroatoms. The van der Waals surface area contributed by atoms with E-state index in [0.29, 0.717) is 10.8 Å². The number of rotatable bonds is 3. The molecule has 0 aliphatic heterocycles. The molecule has 1 aromatic heterocycles. The van der Waals surface area contributed by atoms with Gasteiger partial charge in [-0.1, -0.05) is 5.16 Å². The molecule has 0 fully saturated rings. The van der Waals surface area contributed by atoms with Gasteiger partial charge in [0.2, 0.25) is 0 Å². The summed E-state index contributed by atoms with van der Waals surface area (Å²) in [5.41, 5.74) is 5.39. The fourth-order valence-corrected chi connectivity index (χ4v) is 1.24. The van der Waals surface area contributed by atoms with Crippen molar-refractivity contribution in [3.8, 4) is 0 Å². The number of thiazole rings is 1. The number of hydrogen-bond donors (Lipinski definition) is 1. The summed E-state index contributed by atoms with van der Waals surface area (Å²) in [6.45, 7) is 5.48. The molecule has 0 aliphatic rings. The topological polar surface area (TPSA) is 77.6 Å². The largest absolute Gasteiger partial charge is 0.389 e. The van der Waals surface area contributed by atoms with Gasteiger partial charge in [0, 0.05) is 5.38 Å². The van der Waals surface area contributed by atoms with Crippen molar-refractivity contribution < 1.29 is 9.63 Å². The van der Waals surface area contributed by atoms with Crippen LogP contribution in [0.5, 0.6) is 0 Å². The number of oxime groups is 1. The normalized spacial score (nSPS) is 12.6. The molecule has 0 saturated heterocycles. The Hall–Kier alpha value is -1.43. The predicted octanol–water partition coefficient (Wildman–Crippen LogP) is 1.35. The molecule has 5 nitrogen and oxygen atoms in total. The second-order valence-corrected chi connectivity index (χ2v) is 4.71. The molecule has 1 rings (SSSR count). The van der Waals surface area contributed by atoms with E-state index >= 15 is 0 Å². The summed E-state index contributed by atoms with van der Waals surface area (Å²) >= 11 is 1.23. The van der Waals surface area contributed by atoms with Crippen LogP contribution in [0.15, 0.2) is 10.5 Å². The van der Waals surface area contributed by atoms with Gasteiger partial charge < -0.3 is 10.6 Å². The molecule has 1 aromatic rings. The van der Waals surface area contributed by atoms with Crippen LogP contribution in [0.25, 0.3) is 0 Å². The average Bonchev–Trinajstić information content (AvgIpc) is 2.51. The molecule has 0 aliphatic carbocycles. The van der Waals surface area contributed by atoms with Gasteiger partial charge in [-0.15, -0.1) is 11.3 Å². The molecular weight excluding hydrogens is 214 g/mol. The molecular formula is C9H12N3O2S. The number of nitrogen functional groups attached to an aromatic ring is 1. The minimum absolute atomic E-state index is 0.0258. The summed E-state index contributed by atoms with van der Waals surface area (Å²) in [5, 5.41) is 5.69. The standard InChI is InChI=1S/C9H12N3O2S/c1-9(2,3)14-12-6(4-13)7-5-15-8(10)11-7/h5H,1-3H3,(H2,10,11)/b12-6+. The van der Waals surface area contributed by atoms with Crippen molar-refractivity contribution in [2.24, 2.45) is 5.16 Å². The van der Waals surface area contributed by atoms with E-state index < -0.39 is 5.60 Å². The Labute approximate surface area is 91.9 Å². The predicted molar refractivity (Wildman–Crippen MR) is 59.6 cm³/mol. The van der Waals surface area contributed by atoms with Crippen molar-refractivity contribution in [1.82, 2.24) is 4.98 Å². The second-order valence-electron chi connectivity index (χ2n) is 3.82. The summed E-state index contributed by atoms with van der Waals surface area (Å²) in [6, 6.07) is 0. The Bertz CT molecular complexity index is 379. The Balaban J connectivity index is 2.85. The lowest BCUT2D eigenvalue weighted by molar-refractivity contribution is 0.00140. The molecule has 2 N–H and O–H groups in total. The van der Waals surface area contributed by atoms with Gasteiger partial charge >= 0.3 is 0 Å². The highest BCUT2D eigenvalue weighted by Gasteiger charge is 2.13.